The molecule has 2 aromatic rings. The van der Waals surface area contributed by atoms with E-state index in [1.54, 1.807) is 4.90 Å². The van der Waals surface area contributed by atoms with Crippen molar-refractivity contribution >= 4 is 29.8 Å². The number of imide groups is 1. The number of aromatic nitrogens is 1. The molecule has 9 nitrogen and oxygen atoms in total. The molecular weight excluding hydrogens is 468 g/mol. The Morgan fingerprint density at radius 2 is 1.89 bits per heavy atom. The Balaban J connectivity index is 1.29. The fourth-order valence-corrected chi connectivity index (χ4v) is 5.69. The van der Waals surface area contributed by atoms with Gasteiger partial charge in [-0.25, -0.2) is 4.98 Å². The molecule has 37 heavy (non-hydrogen) atoms. The molecule has 1 aromatic carbocycles. The number of likely N-dealkylation sites (tertiary alicyclic amines) is 1. The van der Waals surface area contributed by atoms with E-state index < -0.39 is 11.9 Å². The van der Waals surface area contributed by atoms with Gasteiger partial charge >= 0.3 is 0 Å². The summed E-state index contributed by atoms with van der Waals surface area (Å²) >= 11 is 0. The fraction of sp³-hybridized carbons (Fsp3) is 0.464. The van der Waals surface area contributed by atoms with Crippen molar-refractivity contribution in [2.45, 2.75) is 70.1 Å². The van der Waals surface area contributed by atoms with Gasteiger partial charge in [-0.2, -0.15) is 0 Å². The highest BCUT2D eigenvalue weighted by Gasteiger charge is 2.39. The summed E-state index contributed by atoms with van der Waals surface area (Å²) in [5, 5.41) is 2.35. The van der Waals surface area contributed by atoms with Crippen LogP contribution in [0.1, 0.15) is 72.0 Å². The zero-order valence-electron chi connectivity index (χ0n) is 20.9. The molecule has 4 heterocycles. The summed E-state index contributed by atoms with van der Waals surface area (Å²) < 4.78 is 0. The van der Waals surface area contributed by atoms with Gasteiger partial charge in [0.25, 0.3) is 5.91 Å². The molecule has 3 fully saturated rings. The number of nitrogens with zero attached hydrogens (tertiary/aromatic N) is 4. The van der Waals surface area contributed by atoms with Gasteiger partial charge < -0.3 is 10.6 Å². The van der Waals surface area contributed by atoms with Crippen LogP contribution < -0.4 is 11.1 Å². The normalized spacial score (nSPS) is 22.5. The summed E-state index contributed by atoms with van der Waals surface area (Å²) in [6, 6.07) is 7.55. The highest BCUT2D eigenvalue weighted by atomic mass is 16.2. The van der Waals surface area contributed by atoms with Crippen LogP contribution in [0.2, 0.25) is 0 Å². The fourth-order valence-electron chi connectivity index (χ4n) is 5.69. The number of nitrogens with one attached hydrogen (secondary N) is 1. The number of fused-ring (bicyclic) bond motifs is 1. The van der Waals surface area contributed by atoms with Crippen molar-refractivity contribution < 1.29 is 14.4 Å². The molecular formula is C28H32N6O3. The number of nitrogens with two attached hydrogens (primary N) is 1. The molecule has 1 unspecified atom stereocenters. The van der Waals surface area contributed by atoms with Crippen molar-refractivity contribution in [2.75, 3.05) is 18.8 Å². The van der Waals surface area contributed by atoms with Crippen molar-refractivity contribution in [3.8, 4) is 11.3 Å². The van der Waals surface area contributed by atoms with E-state index in [0.717, 1.165) is 60.4 Å². The number of hydrogen-bond donors (Lipinski definition) is 2. The minimum atomic E-state index is -0.629. The largest absolute Gasteiger partial charge is 0.383 e. The SMILES string of the molecule is Nc1nc(-c2ccc3c(c2)CN(C2CCC(=O)NC2=O)C3=O)cc(CN2CCCC2)c1C=NC1CCC1. The standard InChI is InChI=1S/C28H32N6O3/c29-26-22(14-30-20-4-3-5-20)19(15-33-10-1-2-11-33)13-23(31-26)17-6-7-21-18(12-17)16-34(28(21)37)24-8-9-25(35)32-27(24)36/h6-7,12-14,20,24H,1-5,8-11,15-16H2,(H2,29,31)(H,32,35,36). The summed E-state index contributed by atoms with van der Waals surface area (Å²) in [6.45, 7) is 3.29. The van der Waals surface area contributed by atoms with E-state index >= 15 is 0 Å². The third-order valence-corrected chi connectivity index (χ3v) is 8.07. The number of hydrogen-bond acceptors (Lipinski definition) is 7. The quantitative estimate of drug-likeness (QED) is 0.465. The van der Waals surface area contributed by atoms with Gasteiger partial charge in [0.15, 0.2) is 0 Å². The van der Waals surface area contributed by atoms with Crippen LogP contribution in [0.25, 0.3) is 11.3 Å². The van der Waals surface area contributed by atoms with Crippen LogP contribution in [0, 0.1) is 0 Å². The first-order chi connectivity index (χ1) is 18.0. The molecule has 3 amide bonds. The lowest BCUT2D eigenvalue weighted by Gasteiger charge is -2.29. The van der Waals surface area contributed by atoms with Crippen molar-refractivity contribution in [3.63, 3.8) is 0 Å². The lowest BCUT2D eigenvalue weighted by Crippen LogP contribution is -2.52. The lowest BCUT2D eigenvalue weighted by atomic mass is 9.94. The second-order valence-corrected chi connectivity index (χ2v) is 10.6. The second kappa shape index (κ2) is 9.70. The summed E-state index contributed by atoms with van der Waals surface area (Å²) in [5.41, 5.74) is 11.6. The van der Waals surface area contributed by atoms with Gasteiger partial charge in [0.2, 0.25) is 11.8 Å². The van der Waals surface area contributed by atoms with Crippen LogP contribution in [-0.4, -0.2) is 63.9 Å². The lowest BCUT2D eigenvalue weighted by molar-refractivity contribution is -0.136. The van der Waals surface area contributed by atoms with Crippen LogP contribution in [0.3, 0.4) is 0 Å². The molecule has 1 aromatic heterocycles. The van der Waals surface area contributed by atoms with Gasteiger partial charge in [-0.1, -0.05) is 6.07 Å². The van der Waals surface area contributed by atoms with E-state index in [4.69, 9.17) is 15.7 Å². The molecule has 9 heteroatoms. The van der Waals surface area contributed by atoms with E-state index in [0.29, 0.717) is 30.4 Å². The average Bonchev–Trinajstić information content (AvgIpc) is 3.47. The molecule has 0 bridgehead atoms. The number of carbonyl (C=O) groups is 3. The Morgan fingerprint density at radius 3 is 2.62 bits per heavy atom. The average molecular weight is 501 g/mol. The van der Waals surface area contributed by atoms with Gasteiger partial charge in [-0.15, -0.1) is 0 Å². The number of aliphatic imine (C=N–C) groups is 1. The molecule has 1 aliphatic carbocycles. The number of anilines is 1. The summed E-state index contributed by atoms with van der Waals surface area (Å²) in [4.78, 5) is 50.5. The highest BCUT2D eigenvalue weighted by Crippen LogP contribution is 2.32. The monoisotopic (exact) mass is 500 g/mol. The molecule has 3 N–H and O–H groups in total. The first-order valence-electron chi connectivity index (χ1n) is 13.3. The Labute approximate surface area is 216 Å². The van der Waals surface area contributed by atoms with E-state index in [-0.39, 0.29) is 18.2 Å². The Hall–Kier alpha value is -3.59. The van der Waals surface area contributed by atoms with E-state index in [1.807, 2.05) is 24.4 Å². The van der Waals surface area contributed by atoms with E-state index in [2.05, 4.69) is 16.3 Å². The number of benzene rings is 1. The highest BCUT2D eigenvalue weighted by molar-refractivity contribution is 6.05. The topological polar surface area (TPSA) is 121 Å². The predicted molar refractivity (Wildman–Crippen MR) is 140 cm³/mol. The van der Waals surface area contributed by atoms with Gasteiger partial charge in [-0.05, 0) is 80.9 Å². The molecule has 192 valence electrons. The first kappa shape index (κ1) is 23.8. The molecule has 0 radical (unpaired) electrons. The maximum absolute atomic E-state index is 13.1. The zero-order valence-corrected chi connectivity index (χ0v) is 20.9. The van der Waals surface area contributed by atoms with Gasteiger partial charge in [0.05, 0.1) is 5.69 Å². The third-order valence-electron chi connectivity index (χ3n) is 8.07. The van der Waals surface area contributed by atoms with Gasteiger partial charge in [0, 0.05) is 48.5 Å². The molecule has 0 spiro atoms. The Morgan fingerprint density at radius 1 is 1.08 bits per heavy atom. The smallest absolute Gasteiger partial charge is 0.255 e. The molecule has 1 atom stereocenters. The van der Waals surface area contributed by atoms with Crippen molar-refractivity contribution in [3.05, 3.63) is 46.5 Å². The maximum atomic E-state index is 13.1. The molecule has 1 saturated carbocycles. The molecule has 6 rings (SSSR count). The maximum Gasteiger partial charge on any atom is 0.255 e. The third kappa shape index (κ3) is 4.64. The molecule has 3 aliphatic heterocycles. The number of piperidine rings is 1. The number of rotatable bonds is 6. The van der Waals surface area contributed by atoms with Gasteiger partial charge in [-0.3, -0.25) is 29.6 Å². The number of carbonyl (C=O) groups excluding carboxylic acids is 3. The summed E-state index contributed by atoms with van der Waals surface area (Å²) in [5.74, 6) is -0.405. The van der Waals surface area contributed by atoms with E-state index in [9.17, 15) is 14.4 Å². The van der Waals surface area contributed by atoms with Crippen molar-refractivity contribution in [2.24, 2.45) is 4.99 Å². The Kier molecular flexibility index (Phi) is 6.24. The first-order valence-corrected chi connectivity index (χ1v) is 13.3. The summed E-state index contributed by atoms with van der Waals surface area (Å²) in [7, 11) is 0. The molecule has 4 aliphatic rings. The number of amides is 3. The molecule has 2 saturated heterocycles. The van der Waals surface area contributed by atoms with E-state index in [1.165, 1.54) is 19.3 Å². The summed E-state index contributed by atoms with van der Waals surface area (Å²) in [6.07, 6.45) is 8.42. The van der Waals surface area contributed by atoms with Crippen molar-refractivity contribution in [1.82, 2.24) is 20.1 Å². The Bertz CT molecular complexity index is 1300. The number of pyridine rings is 1. The van der Waals surface area contributed by atoms with Crippen LogP contribution >= 0.6 is 0 Å². The minimum Gasteiger partial charge on any atom is -0.383 e. The number of nitrogen functional groups attached to an aromatic ring is 1. The minimum absolute atomic E-state index is 0.180. The van der Waals surface area contributed by atoms with Crippen molar-refractivity contribution in [1.29, 1.82) is 0 Å². The van der Waals surface area contributed by atoms with Crippen LogP contribution in [0.15, 0.2) is 29.3 Å². The van der Waals surface area contributed by atoms with Gasteiger partial charge in [0.1, 0.15) is 11.9 Å². The predicted octanol–water partition coefficient (Wildman–Crippen LogP) is 2.66. The van der Waals surface area contributed by atoms with Crippen LogP contribution in [0.4, 0.5) is 5.82 Å². The van der Waals surface area contributed by atoms with Crippen LogP contribution in [-0.2, 0) is 22.7 Å². The zero-order chi connectivity index (χ0) is 25.5. The van der Waals surface area contributed by atoms with Crippen LogP contribution in [0.5, 0.6) is 0 Å². The second-order valence-electron chi connectivity index (χ2n) is 10.6.